The van der Waals surface area contributed by atoms with E-state index in [1.54, 1.807) is 0 Å². The van der Waals surface area contributed by atoms with Gasteiger partial charge in [0.15, 0.2) is 0 Å². The fourth-order valence-corrected chi connectivity index (χ4v) is 3.51. The van der Waals surface area contributed by atoms with Crippen LogP contribution in [0.5, 0.6) is 0 Å². The molecule has 29 heavy (non-hydrogen) atoms. The van der Waals surface area contributed by atoms with E-state index < -0.39 is 0 Å². The molecule has 2 heterocycles. The van der Waals surface area contributed by atoms with Crippen molar-refractivity contribution < 1.29 is 21.1 Å². The quantitative estimate of drug-likeness (QED) is 0.428. The van der Waals surface area contributed by atoms with Crippen molar-refractivity contribution in [3.63, 3.8) is 0 Å². The smallest absolute Gasteiger partial charge is 0.510 e. The third kappa shape index (κ3) is 3.77. The molecule has 2 aliphatic rings. The molecule has 3 aromatic carbocycles. The summed E-state index contributed by atoms with van der Waals surface area (Å²) in [4.78, 5) is 8.20. The van der Waals surface area contributed by atoms with Crippen LogP contribution in [0, 0.1) is 25.5 Å². The van der Waals surface area contributed by atoms with Gasteiger partial charge in [-0.2, -0.15) is 13.3 Å². The maximum atomic E-state index is 3.61. The second-order valence-corrected chi connectivity index (χ2v) is 7.04. The summed E-state index contributed by atoms with van der Waals surface area (Å²) in [5.74, 6) is 0. The molecular formula is C24H20N4Pt. The first-order chi connectivity index (χ1) is 13.7. The van der Waals surface area contributed by atoms with Gasteiger partial charge in [-0.25, -0.2) is 0 Å². The first kappa shape index (κ1) is 19.6. The van der Waals surface area contributed by atoms with Gasteiger partial charge < -0.3 is 19.6 Å². The summed E-state index contributed by atoms with van der Waals surface area (Å²) < 4.78 is 0. The first-order valence-corrected chi connectivity index (χ1v) is 9.22. The van der Waals surface area contributed by atoms with Gasteiger partial charge in [0.25, 0.3) is 0 Å². The number of fused-ring (bicyclic) bond motifs is 1. The van der Waals surface area contributed by atoms with Gasteiger partial charge >= 0.3 is 21.1 Å². The van der Waals surface area contributed by atoms with E-state index in [1.807, 2.05) is 62.0 Å². The van der Waals surface area contributed by atoms with Crippen LogP contribution in [0.15, 0.2) is 73.3 Å². The second kappa shape index (κ2) is 7.96. The van der Waals surface area contributed by atoms with Gasteiger partial charge in [-0.15, -0.1) is 64.4 Å². The third-order valence-electron chi connectivity index (χ3n) is 4.93. The molecule has 0 unspecified atom stereocenters. The predicted octanol–water partition coefficient (Wildman–Crippen LogP) is 4.79. The van der Waals surface area contributed by atoms with E-state index in [0.29, 0.717) is 0 Å². The van der Waals surface area contributed by atoms with Crippen LogP contribution in [0.4, 0.5) is 11.4 Å². The maximum Gasteiger partial charge on any atom is 4.00 e. The van der Waals surface area contributed by atoms with Crippen LogP contribution in [0.3, 0.4) is 0 Å². The Morgan fingerprint density at radius 3 is 2.00 bits per heavy atom. The van der Waals surface area contributed by atoms with Crippen LogP contribution in [-0.2, 0) is 21.1 Å². The normalized spacial score (nSPS) is 15.5. The van der Waals surface area contributed by atoms with Gasteiger partial charge in [0.1, 0.15) is 0 Å². The van der Waals surface area contributed by atoms with E-state index in [9.17, 15) is 0 Å². The van der Waals surface area contributed by atoms with Crippen LogP contribution in [-0.4, -0.2) is 23.9 Å². The van der Waals surface area contributed by atoms with E-state index in [0.717, 1.165) is 27.9 Å². The molecule has 2 aliphatic heterocycles. The maximum absolute atomic E-state index is 3.61. The summed E-state index contributed by atoms with van der Waals surface area (Å²) in [7, 11) is 4.04. The van der Waals surface area contributed by atoms with Crippen molar-refractivity contribution >= 4 is 22.1 Å². The summed E-state index contributed by atoms with van der Waals surface area (Å²) in [6, 6.07) is 24.1. The van der Waals surface area contributed by atoms with E-state index in [4.69, 9.17) is 0 Å². The van der Waals surface area contributed by atoms with Gasteiger partial charge in [-0.1, -0.05) is 29.6 Å². The molecule has 0 bridgehead atoms. The van der Waals surface area contributed by atoms with Crippen LogP contribution in [0.2, 0.25) is 0 Å². The summed E-state index contributed by atoms with van der Waals surface area (Å²) in [5, 5.41) is 2.27. The average molecular weight is 560 g/mol. The van der Waals surface area contributed by atoms with Gasteiger partial charge in [-0.3, -0.25) is 0 Å². The zero-order valence-corrected chi connectivity index (χ0v) is 18.5. The fraction of sp³-hybridized carbons (Fsp3) is 0.0833. The number of hydrogen-bond donors (Lipinski definition) is 0. The Kier molecular flexibility index (Phi) is 5.38. The number of benzene rings is 3. The largest absolute Gasteiger partial charge is 4.00 e. The van der Waals surface area contributed by atoms with Crippen molar-refractivity contribution in [3.8, 4) is 11.1 Å². The van der Waals surface area contributed by atoms with Crippen molar-refractivity contribution in [2.24, 2.45) is 0 Å². The molecule has 3 aromatic rings. The molecule has 0 amide bonds. The molecule has 5 heteroatoms. The summed E-state index contributed by atoms with van der Waals surface area (Å²) in [6.45, 7) is 4.08. The standard InChI is InChI=1S/C24H20N4.Pt/c1-25-11-13-27(17-25)21-7-3-6-20(15-21)23-8-4-5-19-9-10-22(16-24(19)23)28-14-12-26(2)18-28;/h3-14,17-18H,1-2H3;/q-4;+4. The molecular weight excluding hydrogens is 539 g/mol. The molecule has 0 aliphatic carbocycles. The van der Waals surface area contributed by atoms with E-state index in [1.165, 1.54) is 5.39 Å². The number of anilines is 2. The Morgan fingerprint density at radius 2 is 1.34 bits per heavy atom. The Hall–Kier alpha value is -2.71. The summed E-state index contributed by atoms with van der Waals surface area (Å²) in [5.41, 5.74) is 4.23. The zero-order valence-electron chi connectivity index (χ0n) is 16.2. The van der Waals surface area contributed by atoms with Gasteiger partial charge in [0.2, 0.25) is 0 Å². The molecule has 0 saturated heterocycles. The second-order valence-electron chi connectivity index (χ2n) is 7.04. The topological polar surface area (TPSA) is 13.0 Å². The number of rotatable bonds is 3. The minimum atomic E-state index is 0. The Balaban J connectivity index is 0.00000205. The molecule has 0 N–H and O–H groups in total. The molecule has 4 nitrogen and oxygen atoms in total. The minimum Gasteiger partial charge on any atom is -0.510 e. The number of nitrogens with zero attached hydrogens (tertiary/aromatic N) is 4. The Bertz CT molecular complexity index is 1090. The molecule has 0 atom stereocenters. The Labute approximate surface area is 186 Å². The summed E-state index contributed by atoms with van der Waals surface area (Å²) >= 11 is 0. The van der Waals surface area contributed by atoms with Gasteiger partial charge in [0.05, 0.1) is 0 Å². The molecule has 0 fully saturated rings. The van der Waals surface area contributed by atoms with Crippen molar-refractivity contribution in [2.75, 3.05) is 23.9 Å². The van der Waals surface area contributed by atoms with Gasteiger partial charge in [0, 0.05) is 0 Å². The average Bonchev–Trinajstić information content (AvgIpc) is 3.35. The van der Waals surface area contributed by atoms with Gasteiger partial charge in [-0.05, 0) is 38.9 Å². The van der Waals surface area contributed by atoms with E-state index >= 15 is 0 Å². The first-order valence-electron chi connectivity index (χ1n) is 9.22. The van der Waals surface area contributed by atoms with Crippen molar-refractivity contribution in [1.82, 2.24) is 9.80 Å². The van der Waals surface area contributed by atoms with E-state index in [2.05, 4.69) is 70.5 Å². The molecule has 0 aromatic heterocycles. The van der Waals surface area contributed by atoms with E-state index in [-0.39, 0.29) is 21.1 Å². The molecule has 0 radical (unpaired) electrons. The molecule has 146 valence electrons. The van der Waals surface area contributed by atoms with Crippen molar-refractivity contribution in [1.29, 1.82) is 0 Å². The summed E-state index contributed by atoms with van der Waals surface area (Å²) in [6.07, 6.45) is 8.13. The molecule has 5 rings (SSSR count). The SMILES string of the molecule is CN1C=CN(c2[c-]c(-c3cccc4ccc(N5C=CN(C)[CH-]5)[c-]c34)ccc2)[CH-]1.[Pt+4]. The molecule has 0 spiro atoms. The minimum absolute atomic E-state index is 0. The monoisotopic (exact) mass is 559 g/mol. The number of hydrogen-bond acceptors (Lipinski definition) is 4. The van der Waals surface area contributed by atoms with Crippen molar-refractivity contribution in [3.05, 3.63) is 98.8 Å². The van der Waals surface area contributed by atoms with Crippen molar-refractivity contribution in [2.45, 2.75) is 0 Å². The van der Waals surface area contributed by atoms with Crippen LogP contribution in [0.25, 0.3) is 21.9 Å². The third-order valence-corrected chi connectivity index (χ3v) is 4.93. The zero-order chi connectivity index (χ0) is 19.1. The van der Waals surface area contributed by atoms with Crippen LogP contribution >= 0.6 is 0 Å². The fourth-order valence-electron chi connectivity index (χ4n) is 3.51. The van der Waals surface area contributed by atoms with Crippen LogP contribution < -0.4 is 9.80 Å². The Morgan fingerprint density at radius 1 is 0.690 bits per heavy atom. The van der Waals surface area contributed by atoms with Crippen LogP contribution in [0.1, 0.15) is 0 Å². The predicted molar refractivity (Wildman–Crippen MR) is 114 cm³/mol. The molecule has 0 saturated carbocycles.